The van der Waals surface area contributed by atoms with E-state index in [0.717, 1.165) is 12.8 Å². The molecule has 0 bridgehead atoms. The molecule has 4 nitrogen and oxygen atoms in total. The van der Waals surface area contributed by atoms with Crippen molar-refractivity contribution < 1.29 is 9.90 Å². The summed E-state index contributed by atoms with van der Waals surface area (Å²) in [6.07, 6.45) is 3.05. The van der Waals surface area contributed by atoms with Gasteiger partial charge in [-0.2, -0.15) is 0 Å². The normalized spacial score (nSPS) is 14.5. The molecule has 0 aliphatic carbocycles. The number of rotatable bonds is 7. The molecule has 2 unspecified atom stereocenters. The van der Waals surface area contributed by atoms with Gasteiger partial charge in [-0.1, -0.05) is 25.8 Å². The van der Waals surface area contributed by atoms with Crippen LogP contribution < -0.4 is 11.1 Å². The van der Waals surface area contributed by atoms with Gasteiger partial charge in [0.15, 0.2) is 0 Å². The van der Waals surface area contributed by atoms with E-state index in [-0.39, 0.29) is 0 Å². The molecular weight excluding hydrogens is 180 g/mol. The highest BCUT2D eigenvalue weighted by atomic mass is 16.3. The molecule has 0 saturated heterocycles. The second-order valence-electron chi connectivity index (χ2n) is 3.28. The van der Waals surface area contributed by atoms with Gasteiger partial charge in [0.25, 0.3) is 5.91 Å². The maximum absolute atomic E-state index is 11.2. The largest absolute Gasteiger partial charge is 0.382 e. The number of hydrogen-bond acceptors (Lipinski definition) is 3. The molecule has 4 N–H and O–H groups in total. The average molecular weight is 200 g/mol. The molecule has 4 heteroatoms. The number of amides is 1. The van der Waals surface area contributed by atoms with Crippen molar-refractivity contribution in [1.82, 2.24) is 5.32 Å². The molecule has 0 radical (unpaired) electrons. The summed E-state index contributed by atoms with van der Waals surface area (Å²) in [5.74, 6) is -0.423. The molecule has 1 amide bonds. The summed E-state index contributed by atoms with van der Waals surface area (Å²) in [6, 6.07) is -0.472. The van der Waals surface area contributed by atoms with Crippen molar-refractivity contribution in [3.05, 3.63) is 12.7 Å². The van der Waals surface area contributed by atoms with Crippen LogP contribution in [0.4, 0.5) is 0 Å². The molecule has 0 aliphatic rings. The lowest BCUT2D eigenvalue weighted by Gasteiger charge is -2.17. The highest BCUT2D eigenvalue weighted by molar-refractivity contribution is 5.81. The molecule has 0 aliphatic heterocycles. The zero-order chi connectivity index (χ0) is 11.0. The second kappa shape index (κ2) is 7.53. The number of nitrogens with two attached hydrogens (primary N) is 1. The summed E-state index contributed by atoms with van der Waals surface area (Å²) >= 11 is 0. The van der Waals surface area contributed by atoms with Gasteiger partial charge in [-0.3, -0.25) is 4.79 Å². The van der Waals surface area contributed by atoms with Crippen LogP contribution in [-0.2, 0) is 4.79 Å². The lowest BCUT2D eigenvalue weighted by Crippen LogP contribution is -2.46. The standard InChI is InChI=1S/C10H20N2O2/c1-3-5-6-8(11)9(13)10(14)12-7-4-2/h4,8-9,13H,2-3,5-7,11H2,1H3,(H,12,14). The fraction of sp³-hybridized carbons (Fsp3) is 0.700. The minimum atomic E-state index is -1.11. The molecular formula is C10H20N2O2. The summed E-state index contributed by atoms with van der Waals surface area (Å²) in [6.45, 7) is 5.85. The maximum atomic E-state index is 11.2. The van der Waals surface area contributed by atoms with Gasteiger partial charge in [-0.15, -0.1) is 6.58 Å². The topological polar surface area (TPSA) is 75.3 Å². The monoisotopic (exact) mass is 200 g/mol. The first kappa shape index (κ1) is 13.1. The SMILES string of the molecule is C=CCNC(=O)C(O)C(N)CCCC. The molecule has 82 valence electrons. The Morgan fingerprint density at radius 1 is 1.71 bits per heavy atom. The van der Waals surface area contributed by atoms with Gasteiger partial charge < -0.3 is 16.2 Å². The summed E-state index contributed by atoms with van der Waals surface area (Å²) in [7, 11) is 0. The van der Waals surface area contributed by atoms with E-state index >= 15 is 0 Å². The molecule has 0 rings (SSSR count). The number of carbonyl (C=O) groups excluding carboxylic acids is 1. The molecule has 14 heavy (non-hydrogen) atoms. The molecule has 0 heterocycles. The predicted octanol–water partition coefficient (Wildman–Crippen LogP) is 0.167. The van der Waals surface area contributed by atoms with Crippen LogP contribution in [0.3, 0.4) is 0 Å². The van der Waals surface area contributed by atoms with Crippen LogP contribution >= 0.6 is 0 Å². The average Bonchev–Trinajstić information content (AvgIpc) is 2.21. The number of hydrogen-bond donors (Lipinski definition) is 3. The van der Waals surface area contributed by atoms with Crippen molar-refractivity contribution in [3.8, 4) is 0 Å². The van der Waals surface area contributed by atoms with Crippen LogP contribution in [0.2, 0.25) is 0 Å². The number of carbonyl (C=O) groups is 1. The number of aliphatic hydroxyl groups excluding tert-OH is 1. The lowest BCUT2D eigenvalue weighted by molar-refractivity contribution is -0.130. The van der Waals surface area contributed by atoms with Crippen LogP contribution in [0, 0.1) is 0 Å². The summed E-state index contributed by atoms with van der Waals surface area (Å²) < 4.78 is 0. The zero-order valence-electron chi connectivity index (χ0n) is 8.70. The molecule has 2 atom stereocenters. The Balaban J connectivity index is 3.83. The van der Waals surface area contributed by atoms with E-state index in [4.69, 9.17) is 5.73 Å². The number of unbranched alkanes of at least 4 members (excludes halogenated alkanes) is 1. The molecule has 0 fully saturated rings. The molecule has 0 aromatic heterocycles. The number of nitrogens with one attached hydrogen (secondary N) is 1. The third-order valence-corrected chi connectivity index (χ3v) is 1.99. The summed E-state index contributed by atoms with van der Waals surface area (Å²) in [5.41, 5.74) is 5.64. The van der Waals surface area contributed by atoms with Crippen LogP contribution in [-0.4, -0.2) is 29.7 Å². The van der Waals surface area contributed by atoms with E-state index in [1.165, 1.54) is 0 Å². The smallest absolute Gasteiger partial charge is 0.250 e. The Bertz CT molecular complexity index is 183. The zero-order valence-corrected chi connectivity index (χ0v) is 8.70. The summed E-state index contributed by atoms with van der Waals surface area (Å²) in [5, 5.41) is 12.0. The van der Waals surface area contributed by atoms with Crippen LogP contribution in [0.5, 0.6) is 0 Å². The minimum absolute atomic E-state index is 0.358. The second-order valence-corrected chi connectivity index (χ2v) is 3.28. The van der Waals surface area contributed by atoms with Crippen molar-refractivity contribution in [1.29, 1.82) is 0 Å². The Labute approximate surface area is 85.2 Å². The van der Waals surface area contributed by atoms with Gasteiger partial charge in [-0.05, 0) is 6.42 Å². The minimum Gasteiger partial charge on any atom is -0.382 e. The predicted molar refractivity (Wildman–Crippen MR) is 56.7 cm³/mol. The Morgan fingerprint density at radius 2 is 2.36 bits per heavy atom. The molecule has 0 aromatic rings. The first-order valence-corrected chi connectivity index (χ1v) is 4.95. The van der Waals surface area contributed by atoms with Crippen molar-refractivity contribution >= 4 is 5.91 Å². The lowest BCUT2D eigenvalue weighted by atomic mass is 10.0. The van der Waals surface area contributed by atoms with E-state index in [2.05, 4.69) is 11.9 Å². The first-order valence-electron chi connectivity index (χ1n) is 4.95. The van der Waals surface area contributed by atoms with Crippen molar-refractivity contribution in [2.75, 3.05) is 6.54 Å². The van der Waals surface area contributed by atoms with E-state index in [1.54, 1.807) is 6.08 Å². The fourth-order valence-electron chi connectivity index (χ4n) is 1.07. The highest BCUT2D eigenvalue weighted by Crippen LogP contribution is 2.02. The first-order chi connectivity index (χ1) is 6.63. The van der Waals surface area contributed by atoms with Gasteiger partial charge in [-0.25, -0.2) is 0 Å². The molecule has 0 spiro atoms. The van der Waals surface area contributed by atoms with Gasteiger partial charge >= 0.3 is 0 Å². The third kappa shape index (κ3) is 4.99. The van der Waals surface area contributed by atoms with Crippen molar-refractivity contribution in [3.63, 3.8) is 0 Å². The number of aliphatic hydroxyl groups is 1. The third-order valence-electron chi connectivity index (χ3n) is 1.99. The molecule has 0 aromatic carbocycles. The quantitative estimate of drug-likeness (QED) is 0.513. The van der Waals surface area contributed by atoms with Crippen LogP contribution in [0.15, 0.2) is 12.7 Å². The van der Waals surface area contributed by atoms with E-state index < -0.39 is 18.1 Å². The van der Waals surface area contributed by atoms with E-state index in [9.17, 15) is 9.90 Å². The maximum Gasteiger partial charge on any atom is 0.250 e. The fourth-order valence-corrected chi connectivity index (χ4v) is 1.07. The van der Waals surface area contributed by atoms with E-state index in [1.807, 2.05) is 6.92 Å². The Hall–Kier alpha value is -0.870. The van der Waals surface area contributed by atoms with Crippen LogP contribution in [0.1, 0.15) is 26.2 Å². The molecule has 0 saturated carbocycles. The van der Waals surface area contributed by atoms with Crippen molar-refractivity contribution in [2.45, 2.75) is 38.3 Å². The van der Waals surface area contributed by atoms with Crippen molar-refractivity contribution in [2.24, 2.45) is 5.73 Å². The Kier molecular flexibility index (Phi) is 7.06. The van der Waals surface area contributed by atoms with Gasteiger partial charge in [0, 0.05) is 12.6 Å². The van der Waals surface area contributed by atoms with Gasteiger partial charge in [0.2, 0.25) is 0 Å². The Morgan fingerprint density at radius 3 is 2.86 bits per heavy atom. The highest BCUT2D eigenvalue weighted by Gasteiger charge is 2.21. The van der Waals surface area contributed by atoms with E-state index in [0.29, 0.717) is 13.0 Å². The summed E-state index contributed by atoms with van der Waals surface area (Å²) in [4.78, 5) is 11.2. The van der Waals surface area contributed by atoms with Crippen LogP contribution in [0.25, 0.3) is 0 Å². The van der Waals surface area contributed by atoms with Gasteiger partial charge in [0.1, 0.15) is 6.10 Å². The van der Waals surface area contributed by atoms with Gasteiger partial charge in [0.05, 0.1) is 0 Å².